The van der Waals surface area contributed by atoms with E-state index in [2.05, 4.69) is 34.6 Å². The van der Waals surface area contributed by atoms with Crippen LogP contribution in [0.1, 0.15) is 49.6 Å². The van der Waals surface area contributed by atoms with Gasteiger partial charge in [-0.25, -0.2) is 0 Å². The molecule has 0 aliphatic heterocycles. The lowest BCUT2D eigenvalue weighted by atomic mass is 9.99. The Morgan fingerprint density at radius 2 is 1.81 bits per heavy atom. The number of aliphatic imine (C=N–C) groups is 1. The third-order valence-corrected chi connectivity index (χ3v) is 4.25. The Kier molecular flexibility index (Phi) is 10.1. The van der Waals surface area contributed by atoms with E-state index in [-0.39, 0.29) is 24.0 Å². The molecule has 2 N–H and O–H groups in total. The first-order valence-corrected chi connectivity index (χ1v) is 8.73. The van der Waals surface area contributed by atoms with E-state index in [1.54, 1.807) is 14.2 Å². The van der Waals surface area contributed by atoms with Gasteiger partial charge < -0.3 is 19.9 Å². The number of guanidine groups is 1. The van der Waals surface area contributed by atoms with E-state index in [1.807, 2.05) is 30.3 Å². The smallest absolute Gasteiger partial charge is 0.191 e. The van der Waals surface area contributed by atoms with Gasteiger partial charge in [0.1, 0.15) is 5.75 Å². The van der Waals surface area contributed by atoms with Gasteiger partial charge in [0.05, 0.1) is 19.3 Å². The zero-order chi connectivity index (χ0) is 18.1. The molecule has 26 heavy (non-hydrogen) atoms. The molecule has 0 fully saturated rings. The van der Waals surface area contributed by atoms with Crippen LogP contribution in [0.2, 0.25) is 0 Å². The molecular formula is C19H29IN4O2. The van der Waals surface area contributed by atoms with E-state index in [9.17, 15) is 0 Å². The van der Waals surface area contributed by atoms with Gasteiger partial charge in [0.2, 0.25) is 0 Å². The van der Waals surface area contributed by atoms with Crippen molar-refractivity contribution < 1.29 is 9.26 Å². The summed E-state index contributed by atoms with van der Waals surface area (Å²) >= 11 is 0. The van der Waals surface area contributed by atoms with E-state index in [0.29, 0.717) is 19.0 Å². The topological polar surface area (TPSA) is 71.7 Å². The van der Waals surface area contributed by atoms with Crippen LogP contribution in [0, 0.1) is 0 Å². The fourth-order valence-electron chi connectivity index (χ4n) is 2.63. The van der Waals surface area contributed by atoms with Crippen LogP contribution in [0.25, 0.3) is 0 Å². The van der Waals surface area contributed by atoms with E-state index in [1.165, 1.54) is 0 Å². The molecule has 0 atom stereocenters. The van der Waals surface area contributed by atoms with Crippen LogP contribution in [-0.4, -0.2) is 25.3 Å². The van der Waals surface area contributed by atoms with E-state index >= 15 is 0 Å². The highest BCUT2D eigenvalue weighted by molar-refractivity contribution is 14.0. The Hall–Kier alpha value is -1.77. The molecule has 2 rings (SSSR count). The van der Waals surface area contributed by atoms with Gasteiger partial charge in [-0.3, -0.25) is 4.99 Å². The molecule has 144 valence electrons. The van der Waals surface area contributed by atoms with E-state index in [0.717, 1.165) is 41.6 Å². The maximum absolute atomic E-state index is 5.42. The zero-order valence-electron chi connectivity index (χ0n) is 15.9. The number of hydrogen-bond acceptors (Lipinski definition) is 4. The predicted molar refractivity (Wildman–Crippen MR) is 115 cm³/mol. The molecule has 0 aliphatic carbocycles. The lowest BCUT2D eigenvalue weighted by molar-refractivity contribution is 0.368. The average molecular weight is 472 g/mol. The van der Waals surface area contributed by atoms with Gasteiger partial charge in [-0.2, -0.15) is 0 Å². The van der Waals surface area contributed by atoms with Crippen LogP contribution in [0.5, 0.6) is 5.75 Å². The second-order valence-electron chi connectivity index (χ2n) is 5.86. The Morgan fingerprint density at radius 1 is 1.15 bits per heavy atom. The fraction of sp³-hybridized carbons (Fsp3) is 0.474. The SMILES string of the molecule is CCC(CC)c1cc(CNC(=NC)NCc2ccc(OC)cc2)on1.I. The van der Waals surface area contributed by atoms with E-state index in [4.69, 9.17) is 9.26 Å². The molecule has 0 amide bonds. The molecule has 0 spiro atoms. The molecular weight excluding hydrogens is 443 g/mol. The van der Waals surface area contributed by atoms with Gasteiger partial charge in [-0.05, 0) is 30.5 Å². The minimum atomic E-state index is 0. The first-order chi connectivity index (χ1) is 12.2. The van der Waals surface area contributed by atoms with Crippen molar-refractivity contribution in [1.82, 2.24) is 15.8 Å². The number of nitrogens with zero attached hydrogens (tertiary/aromatic N) is 2. The molecule has 0 unspecified atom stereocenters. The van der Waals surface area contributed by atoms with Gasteiger partial charge >= 0.3 is 0 Å². The van der Waals surface area contributed by atoms with Gasteiger partial charge in [-0.15, -0.1) is 24.0 Å². The summed E-state index contributed by atoms with van der Waals surface area (Å²) in [6.45, 7) is 5.58. The van der Waals surface area contributed by atoms with Crippen molar-refractivity contribution in [2.24, 2.45) is 4.99 Å². The van der Waals surface area contributed by atoms with Crippen LogP contribution in [0.3, 0.4) is 0 Å². The van der Waals surface area contributed by atoms with Gasteiger partial charge in [0.25, 0.3) is 0 Å². The summed E-state index contributed by atoms with van der Waals surface area (Å²) in [5, 5.41) is 10.7. The lowest BCUT2D eigenvalue weighted by Crippen LogP contribution is -2.36. The highest BCUT2D eigenvalue weighted by Crippen LogP contribution is 2.22. The largest absolute Gasteiger partial charge is 0.497 e. The van der Waals surface area contributed by atoms with Crippen LogP contribution in [0.4, 0.5) is 0 Å². The number of nitrogens with one attached hydrogen (secondary N) is 2. The Balaban J connectivity index is 0.00000338. The molecule has 1 heterocycles. The van der Waals surface area contributed by atoms with Crippen molar-refractivity contribution in [2.45, 2.75) is 45.7 Å². The Bertz CT molecular complexity index is 666. The number of ether oxygens (including phenoxy) is 1. The standard InChI is InChI=1S/C19H28N4O2.HI/c1-5-15(6-2)18-11-17(25-23-18)13-22-19(20-3)21-12-14-7-9-16(24-4)10-8-14;/h7-11,15H,5-6,12-13H2,1-4H3,(H2,20,21,22);1H. The Morgan fingerprint density at radius 3 is 2.38 bits per heavy atom. The fourth-order valence-corrected chi connectivity index (χ4v) is 2.63. The van der Waals surface area contributed by atoms with Crippen LogP contribution < -0.4 is 15.4 Å². The normalized spacial score (nSPS) is 11.2. The molecule has 6 nitrogen and oxygen atoms in total. The van der Waals surface area contributed by atoms with Crippen molar-refractivity contribution in [2.75, 3.05) is 14.2 Å². The summed E-state index contributed by atoms with van der Waals surface area (Å²) in [5.74, 6) is 2.85. The maximum Gasteiger partial charge on any atom is 0.191 e. The highest BCUT2D eigenvalue weighted by atomic mass is 127. The third kappa shape index (κ3) is 6.51. The van der Waals surface area contributed by atoms with Crippen molar-refractivity contribution in [3.63, 3.8) is 0 Å². The van der Waals surface area contributed by atoms with Crippen LogP contribution in [-0.2, 0) is 13.1 Å². The molecule has 1 aromatic heterocycles. The van der Waals surface area contributed by atoms with E-state index < -0.39 is 0 Å². The summed E-state index contributed by atoms with van der Waals surface area (Å²) in [6.07, 6.45) is 2.14. The van der Waals surface area contributed by atoms with Crippen molar-refractivity contribution >= 4 is 29.9 Å². The number of aromatic nitrogens is 1. The number of benzene rings is 1. The summed E-state index contributed by atoms with van der Waals surface area (Å²) < 4.78 is 10.6. The lowest BCUT2D eigenvalue weighted by Gasteiger charge is -2.11. The van der Waals surface area contributed by atoms with Crippen molar-refractivity contribution in [3.8, 4) is 5.75 Å². The predicted octanol–water partition coefficient (Wildman–Crippen LogP) is 4.07. The first kappa shape index (κ1) is 22.3. The number of hydrogen-bond donors (Lipinski definition) is 2. The third-order valence-electron chi connectivity index (χ3n) is 4.25. The van der Waals surface area contributed by atoms with Gasteiger partial charge in [-0.1, -0.05) is 31.1 Å². The molecule has 0 radical (unpaired) electrons. The molecule has 7 heteroatoms. The summed E-state index contributed by atoms with van der Waals surface area (Å²) in [5.41, 5.74) is 2.18. The highest BCUT2D eigenvalue weighted by Gasteiger charge is 2.13. The molecule has 1 aromatic carbocycles. The zero-order valence-corrected chi connectivity index (χ0v) is 18.2. The van der Waals surface area contributed by atoms with Gasteiger partial charge in [0, 0.05) is 25.6 Å². The number of methoxy groups -OCH3 is 1. The molecule has 0 aliphatic rings. The molecule has 2 aromatic rings. The minimum Gasteiger partial charge on any atom is -0.497 e. The second-order valence-corrected chi connectivity index (χ2v) is 5.86. The second kappa shape index (κ2) is 11.8. The van der Waals surface area contributed by atoms with Crippen LogP contribution >= 0.6 is 24.0 Å². The number of rotatable bonds is 8. The molecule has 0 saturated carbocycles. The van der Waals surface area contributed by atoms with Crippen LogP contribution in [0.15, 0.2) is 39.8 Å². The quantitative estimate of drug-likeness (QED) is 0.345. The molecule has 0 bridgehead atoms. The molecule has 0 saturated heterocycles. The average Bonchev–Trinajstić information content (AvgIpc) is 3.12. The first-order valence-electron chi connectivity index (χ1n) is 8.73. The maximum atomic E-state index is 5.42. The number of halogens is 1. The monoisotopic (exact) mass is 472 g/mol. The summed E-state index contributed by atoms with van der Waals surface area (Å²) in [7, 11) is 3.41. The summed E-state index contributed by atoms with van der Waals surface area (Å²) in [6, 6.07) is 9.97. The van der Waals surface area contributed by atoms with Gasteiger partial charge in [0.15, 0.2) is 11.7 Å². The minimum absolute atomic E-state index is 0. The Labute approximate surface area is 172 Å². The summed E-state index contributed by atoms with van der Waals surface area (Å²) in [4.78, 5) is 4.23. The van der Waals surface area contributed by atoms with Crippen molar-refractivity contribution in [1.29, 1.82) is 0 Å². The van der Waals surface area contributed by atoms with Crippen molar-refractivity contribution in [3.05, 3.63) is 47.3 Å².